The van der Waals surface area contributed by atoms with E-state index in [-0.39, 0.29) is 24.5 Å². The highest BCUT2D eigenvalue weighted by atomic mass is 19.3. The van der Waals surface area contributed by atoms with E-state index in [1.807, 2.05) is 6.92 Å². The van der Waals surface area contributed by atoms with Gasteiger partial charge >= 0.3 is 6.11 Å². The highest BCUT2D eigenvalue weighted by Gasteiger charge is 2.45. The number of ether oxygens (including phenoxy) is 2. The Morgan fingerprint density at radius 1 is 1.05 bits per heavy atom. The highest BCUT2D eigenvalue weighted by molar-refractivity contribution is 5.35. The van der Waals surface area contributed by atoms with E-state index < -0.39 is 23.5 Å². The van der Waals surface area contributed by atoms with Crippen molar-refractivity contribution in [3.63, 3.8) is 0 Å². The van der Waals surface area contributed by atoms with Gasteiger partial charge in [-0.1, -0.05) is 6.92 Å². The van der Waals surface area contributed by atoms with Gasteiger partial charge in [0.05, 0.1) is 13.0 Å². The lowest BCUT2D eigenvalue weighted by Crippen LogP contribution is -2.35. The molecule has 1 aromatic carbocycles. The molecule has 0 amide bonds. The first kappa shape index (κ1) is 15.9. The van der Waals surface area contributed by atoms with Gasteiger partial charge < -0.3 is 9.47 Å². The maximum atomic E-state index is 14.0. The molecular formula is C15H17F4O2. The third-order valence-electron chi connectivity index (χ3n) is 3.76. The van der Waals surface area contributed by atoms with Crippen LogP contribution in [0.25, 0.3) is 0 Å². The van der Waals surface area contributed by atoms with Crippen molar-refractivity contribution in [1.82, 2.24) is 0 Å². The molecule has 21 heavy (non-hydrogen) atoms. The summed E-state index contributed by atoms with van der Waals surface area (Å²) in [5, 5.41) is 0. The average Bonchev–Trinajstić information content (AvgIpc) is 2.44. The molecule has 0 saturated heterocycles. The van der Waals surface area contributed by atoms with Crippen LogP contribution in [0.15, 0.2) is 12.1 Å². The maximum absolute atomic E-state index is 14.0. The maximum Gasteiger partial charge on any atom is 0.404 e. The fourth-order valence-corrected chi connectivity index (χ4v) is 2.36. The SMILES string of the molecule is COc1ccc(OC(F)(F)[C]2CCC(C)CC2)c(F)c1F. The fraction of sp³-hybridized carbons (Fsp3) is 0.533. The molecule has 1 saturated carbocycles. The molecule has 2 rings (SSSR count). The standard InChI is InChI=1S/C15H17F4O2/c1-9-3-5-10(6-4-9)15(18,19)21-12-8-7-11(20-2)13(16)14(12)17/h7-9H,3-6H2,1-2H3. The van der Waals surface area contributed by atoms with Crippen molar-refractivity contribution in [2.45, 2.75) is 38.7 Å². The quantitative estimate of drug-likeness (QED) is 0.749. The van der Waals surface area contributed by atoms with Crippen molar-refractivity contribution in [3.05, 3.63) is 29.7 Å². The normalized spacial score (nSPS) is 17.8. The summed E-state index contributed by atoms with van der Waals surface area (Å²) in [6.07, 6.45) is -1.84. The zero-order chi connectivity index (χ0) is 15.6. The van der Waals surface area contributed by atoms with Gasteiger partial charge in [-0.15, -0.1) is 0 Å². The Bertz CT molecular complexity index is 497. The fourth-order valence-electron chi connectivity index (χ4n) is 2.36. The second kappa shape index (κ2) is 6.12. The van der Waals surface area contributed by atoms with Crippen molar-refractivity contribution >= 4 is 0 Å². The van der Waals surface area contributed by atoms with E-state index in [0.717, 1.165) is 19.2 Å². The number of benzene rings is 1. The van der Waals surface area contributed by atoms with Gasteiger partial charge in [0.25, 0.3) is 0 Å². The molecule has 2 nitrogen and oxygen atoms in total. The van der Waals surface area contributed by atoms with Crippen LogP contribution >= 0.6 is 0 Å². The molecule has 6 heteroatoms. The zero-order valence-electron chi connectivity index (χ0n) is 11.9. The molecule has 1 aliphatic rings. The molecule has 1 fully saturated rings. The van der Waals surface area contributed by atoms with Gasteiger partial charge in [-0.2, -0.15) is 17.6 Å². The summed E-state index contributed by atoms with van der Waals surface area (Å²) in [6, 6.07) is 1.99. The van der Waals surface area contributed by atoms with Crippen LogP contribution in [-0.2, 0) is 0 Å². The summed E-state index contributed by atoms with van der Waals surface area (Å²) < 4.78 is 64.3. The lowest BCUT2D eigenvalue weighted by atomic mass is 9.82. The van der Waals surface area contributed by atoms with Crippen LogP contribution in [0.4, 0.5) is 17.6 Å². The van der Waals surface area contributed by atoms with Gasteiger partial charge in [0, 0.05) is 0 Å². The number of methoxy groups -OCH3 is 1. The zero-order valence-corrected chi connectivity index (χ0v) is 11.9. The second-order valence-electron chi connectivity index (χ2n) is 5.30. The van der Waals surface area contributed by atoms with E-state index in [2.05, 4.69) is 9.47 Å². The van der Waals surface area contributed by atoms with Gasteiger partial charge in [-0.25, -0.2) is 0 Å². The number of hydrogen-bond acceptors (Lipinski definition) is 2. The summed E-state index contributed by atoms with van der Waals surface area (Å²) in [6.45, 7) is 1.99. The summed E-state index contributed by atoms with van der Waals surface area (Å²) in [5.74, 6) is -3.67. The van der Waals surface area contributed by atoms with E-state index in [0.29, 0.717) is 18.8 Å². The van der Waals surface area contributed by atoms with Crippen LogP contribution in [0.1, 0.15) is 32.6 Å². The summed E-state index contributed by atoms with van der Waals surface area (Å²) >= 11 is 0. The molecule has 0 bridgehead atoms. The first-order valence-electron chi connectivity index (χ1n) is 6.79. The molecular weight excluding hydrogens is 288 g/mol. The van der Waals surface area contributed by atoms with E-state index >= 15 is 0 Å². The van der Waals surface area contributed by atoms with E-state index in [4.69, 9.17) is 0 Å². The van der Waals surface area contributed by atoms with Gasteiger partial charge in [-0.3, -0.25) is 0 Å². The van der Waals surface area contributed by atoms with Crippen molar-refractivity contribution < 1.29 is 27.0 Å². The minimum atomic E-state index is -3.60. The Morgan fingerprint density at radius 3 is 2.14 bits per heavy atom. The molecule has 0 atom stereocenters. The van der Waals surface area contributed by atoms with Gasteiger partial charge in [-0.05, 0) is 43.7 Å². The van der Waals surface area contributed by atoms with Crippen LogP contribution in [0.2, 0.25) is 0 Å². The molecule has 0 unspecified atom stereocenters. The second-order valence-corrected chi connectivity index (χ2v) is 5.30. The van der Waals surface area contributed by atoms with Crippen LogP contribution in [-0.4, -0.2) is 13.2 Å². The largest absolute Gasteiger partial charge is 0.494 e. The molecule has 0 spiro atoms. The summed E-state index contributed by atoms with van der Waals surface area (Å²) in [7, 11) is 1.16. The average molecular weight is 305 g/mol. The van der Waals surface area contributed by atoms with Crippen molar-refractivity contribution in [2.24, 2.45) is 5.92 Å². The van der Waals surface area contributed by atoms with Crippen LogP contribution < -0.4 is 9.47 Å². The number of alkyl halides is 2. The Morgan fingerprint density at radius 2 is 1.57 bits per heavy atom. The van der Waals surface area contributed by atoms with Gasteiger partial charge in [0.15, 0.2) is 11.5 Å². The van der Waals surface area contributed by atoms with E-state index in [9.17, 15) is 17.6 Å². The molecule has 1 aliphatic carbocycles. The van der Waals surface area contributed by atoms with Crippen molar-refractivity contribution in [2.75, 3.05) is 7.11 Å². The van der Waals surface area contributed by atoms with E-state index in [1.165, 1.54) is 0 Å². The van der Waals surface area contributed by atoms with Gasteiger partial charge in [0.1, 0.15) is 0 Å². The lowest BCUT2D eigenvalue weighted by molar-refractivity contribution is -0.170. The van der Waals surface area contributed by atoms with E-state index in [1.54, 1.807) is 0 Å². The minimum absolute atomic E-state index is 0.0729. The lowest BCUT2D eigenvalue weighted by Gasteiger charge is -2.31. The predicted octanol–water partition coefficient (Wildman–Crippen LogP) is 4.73. The summed E-state index contributed by atoms with van der Waals surface area (Å²) in [5.41, 5.74) is 0. The third-order valence-corrected chi connectivity index (χ3v) is 3.76. The minimum Gasteiger partial charge on any atom is -0.494 e. The first-order chi connectivity index (χ1) is 9.85. The first-order valence-corrected chi connectivity index (χ1v) is 6.79. The number of rotatable bonds is 4. The van der Waals surface area contributed by atoms with Gasteiger partial charge in [0.2, 0.25) is 11.6 Å². The Balaban J connectivity index is 2.15. The Hall–Kier alpha value is -1.46. The number of halogens is 4. The molecule has 0 aliphatic heterocycles. The molecule has 0 aromatic heterocycles. The van der Waals surface area contributed by atoms with Crippen molar-refractivity contribution in [1.29, 1.82) is 0 Å². The summed E-state index contributed by atoms with van der Waals surface area (Å²) in [4.78, 5) is 0. The number of hydrogen-bond donors (Lipinski definition) is 0. The van der Waals surface area contributed by atoms with Crippen LogP contribution in [0.5, 0.6) is 11.5 Å². The molecule has 117 valence electrons. The molecule has 0 N–H and O–H groups in total. The molecule has 1 radical (unpaired) electrons. The smallest absolute Gasteiger partial charge is 0.404 e. The molecule has 0 heterocycles. The predicted molar refractivity (Wildman–Crippen MR) is 69.4 cm³/mol. The Kier molecular flexibility index (Phi) is 4.64. The Labute approximate surface area is 121 Å². The highest BCUT2D eigenvalue weighted by Crippen LogP contribution is 2.42. The van der Waals surface area contributed by atoms with Crippen LogP contribution in [0, 0.1) is 23.5 Å². The van der Waals surface area contributed by atoms with Crippen LogP contribution in [0.3, 0.4) is 0 Å². The molecule has 1 aromatic rings. The van der Waals surface area contributed by atoms with Crippen molar-refractivity contribution in [3.8, 4) is 11.5 Å². The third kappa shape index (κ3) is 3.41. The topological polar surface area (TPSA) is 18.5 Å². The monoisotopic (exact) mass is 305 g/mol.